The van der Waals surface area contributed by atoms with Gasteiger partial charge in [-0.15, -0.1) is 0 Å². The molecular formula is C11H17N5O. The number of unbranched alkanes of at least 4 members (excludes halogenated alkanes) is 1. The molecule has 2 aromatic heterocycles. The zero-order valence-electron chi connectivity index (χ0n) is 9.93. The lowest BCUT2D eigenvalue weighted by Crippen LogP contribution is -2.28. The Kier molecular flexibility index (Phi) is 3.87. The highest BCUT2D eigenvalue weighted by Crippen LogP contribution is 2.19. The first-order valence-electron chi connectivity index (χ1n) is 5.86. The monoisotopic (exact) mass is 235 g/mol. The number of hydrogen-bond acceptors (Lipinski definition) is 5. The minimum atomic E-state index is 0.114. The van der Waals surface area contributed by atoms with Gasteiger partial charge in [-0.3, -0.25) is 0 Å². The van der Waals surface area contributed by atoms with E-state index in [9.17, 15) is 0 Å². The van der Waals surface area contributed by atoms with Crippen molar-refractivity contribution in [3.63, 3.8) is 0 Å². The lowest BCUT2D eigenvalue weighted by atomic mass is 10.3. The summed E-state index contributed by atoms with van der Waals surface area (Å²) in [6.07, 6.45) is 5.30. The molecule has 2 rings (SSSR count). The molecule has 0 spiro atoms. The van der Waals surface area contributed by atoms with Crippen molar-refractivity contribution in [1.82, 2.24) is 19.9 Å². The number of fused-ring (bicyclic) bond motifs is 1. The maximum atomic E-state index is 9.11. The van der Waals surface area contributed by atoms with Gasteiger partial charge < -0.3 is 15.0 Å². The quantitative estimate of drug-likeness (QED) is 0.779. The van der Waals surface area contributed by atoms with Crippen molar-refractivity contribution >= 4 is 17.0 Å². The van der Waals surface area contributed by atoms with Crippen LogP contribution in [0, 0.1) is 0 Å². The van der Waals surface area contributed by atoms with Crippen molar-refractivity contribution in [1.29, 1.82) is 0 Å². The van der Waals surface area contributed by atoms with Gasteiger partial charge in [-0.1, -0.05) is 13.3 Å². The smallest absolute Gasteiger partial charge is 0.182 e. The Labute approximate surface area is 99.7 Å². The molecule has 6 heteroatoms. The van der Waals surface area contributed by atoms with Gasteiger partial charge in [0.05, 0.1) is 12.9 Å². The topological polar surface area (TPSA) is 77.9 Å². The third kappa shape index (κ3) is 2.52. The fraction of sp³-hybridized carbons (Fsp3) is 0.545. The van der Waals surface area contributed by atoms with E-state index in [0.29, 0.717) is 12.2 Å². The SMILES string of the molecule is CCCCN(CCO)c1ncnc2nc[nH]c12. The van der Waals surface area contributed by atoms with Crippen LogP contribution in [0.5, 0.6) is 0 Å². The normalized spacial score (nSPS) is 10.9. The first-order valence-corrected chi connectivity index (χ1v) is 5.86. The van der Waals surface area contributed by atoms with Crippen LogP contribution < -0.4 is 4.90 Å². The predicted octanol–water partition coefficient (Wildman–Crippen LogP) is 0.952. The molecule has 0 radical (unpaired) electrons. The van der Waals surface area contributed by atoms with E-state index in [4.69, 9.17) is 5.11 Å². The number of aliphatic hydroxyl groups excluding tert-OH is 1. The number of rotatable bonds is 6. The number of H-pyrrole nitrogens is 1. The molecule has 0 atom stereocenters. The molecule has 0 aliphatic heterocycles. The van der Waals surface area contributed by atoms with Gasteiger partial charge in [0, 0.05) is 13.1 Å². The van der Waals surface area contributed by atoms with Gasteiger partial charge >= 0.3 is 0 Å². The average Bonchev–Trinajstić information content (AvgIpc) is 2.82. The van der Waals surface area contributed by atoms with E-state index in [1.165, 1.54) is 6.33 Å². The van der Waals surface area contributed by atoms with Crippen molar-refractivity contribution in [2.75, 3.05) is 24.6 Å². The number of nitrogens with zero attached hydrogens (tertiary/aromatic N) is 4. The maximum Gasteiger partial charge on any atom is 0.182 e. The number of aliphatic hydroxyl groups is 1. The lowest BCUT2D eigenvalue weighted by molar-refractivity contribution is 0.301. The van der Waals surface area contributed by atoms with Crippen LogP contribution in [-0.2, 0) is 0 Å². The summed E-state index contributed by atoms with van der Waals surface area (Å²) >= 11 is 0. The summed E-state index contributed by atoms with van der Waals surface area (Å²) in [5, 5.41) is 9.11. The zero-order valence-corrected chi connectivity index (χ0v) is 9.93. The van der Waals surface area contributed by atoms with Crippen molar-refractivity contribution in [3.05, 3.63) is 12.7 Å². The van der Waals surface area contributed by atoms with Crippen LogP contribution in [0.25, 0.3) is 11.2 Å². The molecule has 6 nitrogen and oxygen atoms in total. The summed E-state index contributed by atoms with van der Waals surface area (Å²) in [4.78, 5) is 17.6. The zero-order chi connectivity index (χ0) is 12.1. The van der Waals surface area contributed by atoms with Crippen LogP contribution in [0.1, 0.15) is 19.8 Å². The summed E-state index contributed by atoms with van der Waals surface area (Å²) < 4.78 is 0. The molecule has 0 amide bonds. The average molecular weight is 235 g/mol. The molecule has 2 heterocycles. The third-order valence-corrected chi connectivity index (χ3v) is 2.65. The predicted molar refractivity (Wildman–Crippen MR) is 65.9 cm³/mol. The molecule has 0 saturated heterocycles. The molecule has 0 aliphatic rings. The number of aromatic nitrogens is 4. The molecular weight excluding hydrogens is 218 g/mol. The van der Waals surface area contributed by atoms with Crippen LogP contribution in [0.2, 0.25) is 0 Å². The summed E-state index contributed by atoms with van der Waals surface area (Å²) in [6.45, 7) is 3.71. The van der Waals surface area contributed by atoms with E-state index in [1.54, 1.807) is 6.33 Å². The Balaban J connectivity index is 2.30. The fourth-order valence-electron chi connectivity index (χ4n) is 1.79. The molecule has 0 aliphatic carbocycles. The highest BCUT2D eigenvalue weighted by Gasteiger charge is 2.12. The third-order valence-electron chi connectivity index (χ3n) is 2.65. The van der Waals surface area contributed by atoms with E-state index in [-0.39, 0.29) is 6.61 Å². The van der Waals surface area contributed by atoms with E-state index in [2.05, 4.69) is 31.8 Å². The summed E-state index contributed by atoms with van der Waals surface area (Å²) in [7, 11) is 0. The highest BCUT2D eigenvalue weighted by atomic mass is 16.3. The molecule has 92 valence electrons. The highest BCUT2D eigenvalue weighted by molar-refractivity contribution is 5.82. The van der Waals surface area contributed by atoms with Crippen molar-refractivity contribution in [2.24, 2.45) is 0 Å². The number of aromatic amines is 1. The van der Waals surface area contributed by atoms with Gasteiger partial charge in [0.25, 0.3) is 0 Å². The van der Waals surface area contributed by atoms with Crippen molar-refractivity contribution < 1.29 is 5.11 Å². The minimum Gasteiger partial charge on any atom is -0.395 e. The summed E-state index contributed by atoms with van der Waals surface area (Å²) in [5.41, 5.74) is 1.49. The molecule has 0 fully saturated rings. The van der Waals surface area contributed by atoms with Crippen LogP contribution in [0.3, 0.4) is 0 Å². The van der Waals surface area contributed by atoms with E-state index in [0.717, 1.165) is 30.7 Å². The van der Waals surface area contributed by atoms with Gasteiger partial charge in [-0.05, 0) is 6.42 Å². The Morgan fingerprint density at radius 3 is 2.94 bits per heavy atom. The lowest BCUT2D eigenvalue weighted by Gasteiger charge is -2.22. The Morgan fingerprint density at radius 1 is 1.29 bits per heavy atom. The standard InChI is InChI=1S/C11H17N5O/c1-2-3-4-16(5-6-17)11-9-10(13-7-12-9)14-8-15-11/h7-8,17H,2-6H2,1H3,(H,12,13,14,15). The molecule has 0 saturated carbocycles. The van der Waals surface area contributed by atoms with E-state index >= 15 is 0 Å². The molecule has 2 N–H and O–H groups in total. The van der Waals surface area contributed by atoms with E-state index < -0.39 is 0 Å². The van der Waals surface area contributed by atoms with E-state index in [1.807, 2.05) is 0 Å². The largest absolute Gasteiger partial charge is 0.395 e. The molecule has 17 heavy (non-hydrogen) atoms. The molecule has 0 unspecified atom stereocenters. The number of hydrogen-bond donors (Lipinski definition) is 2. The van der Waals surface area contributed by atoms with Gasteiger partial charge in [0.1, 0.15) is 11.8 Å². The van der Waals surface area contributed by atoms with Gasteiger partial charge in [0.2, 0.25) is 0 Å². The minimum absolute atomic E-state index is 0.114. The Hall–Kier alpha value is -1.69. The number of imidazole rings is 1. The fourth-order valence-corrected chi connectivity index (χ4v) is 1.79. The van der Waals surface area contributed by atoms with Crippen LogP contribution in [0.4, 0.5) is 5.82 Å². The van der Waals surface area contributed by atoms with Crippen LogP contribution >= 0.6 is 0 Å². The van der Waals surface area contributed by atoms with Crippen LogP contribution in [0.15, 0.2) is 12.7 Å². The second-order valence-corrected chi connectivity index (χ2v) is 3.86. The Bertz CT molecular complexity index is 470. The summed E-state index contributed by atoms with van der Waals surface area (Å²) in [6, 6.07) is 0. The van der Waals surface area contributed by atoms with Gasteiger partial charge in [-0.2, -0.15) is 0 Å². The first kappa shape index (κ1) is 11.8. The van der Waals surface area contributed by atoms with Crippen molar-refractivity contribution in [2.45, 2.75) is 19.8 Å². The second kappa shape index (κ2) is 5.58. The molecule has 0 bridgehead atoms. The second-order valence-electron chi connectivity index (χ2n) is 3.86. The number of nitrogens with one attached hydrogen (secondary N) is 1. The number of anilines is 1. The van der Waals surface area contributed by atoms with Gasteiger partial charge in [0.15, 0.2) is 11.5 Å². The maximum absolute atomic E-state index is 9.11. The molecule has 0 aromatic carbocycles. The van der Waals surface area contributed by atoms with Crippen LogP contribution in [-0.4, -0.2) is 44.7 Å². The first-order chi connectivity index (χ1) is 8.36. The summed E-state index contributed by atoms with van der Waals surface area (Å²) in [5.74, 6) is 0.815. The Morgan fingerprint density at radius 2 is 2.18 bits per heavy atom. The molecule has 2 aromatic rings. The van der Waals surface area contributed by atoms with Crippen molar-refractivity contribution in [3.8, 4) is 0 Å². The van der Waals surface area contributed by atoms with Gasteiger partial charge in [-0.25, -0.2) is 15.0 Å².